The van der Waals surface area contributed by atoms with E-state index in [4.69, 9.17) is 22.1 Å². The molecule has 1 heterocycles. The van der Waals surface area contributed by atoms with Crippen molar-refractivity contribution in [2.45, 2.75) is 13.5 Å². The SMILES string of the molecule is CCOCCn1cc(Cl)c(N)n1. The molecule has 0 unspecified atom stereocenters. The van der Waals surface area contributed by atoms with E-state index in [0.717, 1.165) is 0 Å². The molecule has 0 amide bonds. The van der Waals surface area contributed by atoms with Crippen LogP contribution in [0.15, 0.2) is 6.20 Å². The average Bonchev–Trinajstić information content (AvgIpc) is 2.32. The van der Waals surface area contributed by atoms with Gasteiger partial charge in [-0.3, -0.25) is 4.68 Å². The van der Waals surface area contributed by atoms with E-state index in [-0.39, 0.29) is 0 Å². The normalized spacial score (nSPS) is 10.5. The maximum Gasteiger partial charge on any atom is 0.164 e. The van der Waals surface area contributed by atoms with E-state index >= 15 is 0 Å². The first-order valence-corrected chi connectivity index (χ1v) is 4.18. The molecule has 0 atom stereocenters. The minimum atomic E-state index is 0.369. The molecule has 68 valence electrons. The van der Waals surface area contributed by atoms with Crippen LogP contribution in [0.2, 0.25) is 5.02 Å². The molecule has 1 rings (SSSR count). The highest BCUT2D eigenvalue weighted by Gasteiger charge is 2.01. The highest BCUT2D eigenvalue weighted by Crippen LogP contribution is 2.14. The summed E-state index contributed by atoms with van der Waals surface area (Å²) in [4.78, 5) is 0. The topological polar surface area (TPSA) is 53.1 Å². The van der Waals surface area contributed by atoms with Gasteiger partial charge >= 0.3 is 0 Å². The van der Waals surface area contributed by atoms with Gasteiger partial charge in [-0.1, -0.05) is 11.6 Å². The van der Waals surface area contributed by atoms with Crippen LogP contribution in [0.3, 0.4) is 0 Å². The van der Waals surface area contributed by atoms with Crippen molar-refractivity contribution in [2.24, 2.45) is 0 Å². The number of hydrogen-bond acceptors (Lipinski definition) is 3. The van der Waals surface area contributed by atoms with Crippen molar-refractivity contribution >= 4 is 17.4 Å². The number of aromatic nitrogens is 2. The third-order valence-corrected chi connectivity index (χ3v) is 1.70. The van der Waals surface area contributed by atoms with E-state index in [1.807, 2.05) is 6.92 Å². The lowest BCUT2D eigenvalue weighted by Crippen LogP contribution is -2.06. The Labute approximate surface area is 76.3 Å². The molecule has 0 radical (unpaired) electrons. The fraction of sp³-hybridized carbons (Fsp3) is 0.571. The summed E-state index contributed by atoms with van der Waals surface area (Å²) in [5.41, 5.74) is 5.44. The van der Waals surface area contributed by atoms with Gasteiger partial charge in [-0.25, -0.2) is 0 Å². The lowest BCUT2D eigenvalue weighted by atomic mass is 10.6. The zero-order valence-electron chi connectivity index (χ0n) is 6.96. The second-order valence-electron chi connectivity index (χ2n) is 2.32. The van der Waals surface area contributed by atoms with Crippen LogP contribution in [0.4, 0.5) is 5.82 Å². The highest BCUT2D eigenvalue weighted by atomic mass is 35.5. The van der Waals surface area contributed by atoms with Crippen molar-refractivity contribution in [3.63, 3.8) is 0 Å². The van der Waals surface area contributed by atoms with Crippen molar-refractivity contribution in [3.8, 4) is 0 Å². The zero-order valence-corrected chi connectivity index (χ0v) is 7.71. The number of nitrogens with zero attached hydrogens (tertiary/aromatic N) is 2. The van der Waals surface area contributed by atoms with E-state index in [1.54, 1.807) is 10.9 Å². The van der Waals surface area contributed by atoms with Crippen molar-refractivity contribution in [1.29, 1.82) is 0 Å². The number of rotatable bonds is 4. The second-order valence-corrected chi connectivity index (χ2v) is 2.73. The Morgan fingerprint density at radius 3 is 3.00 bits per heavy atom. The first-order chi connectivity index (χ1) is 5.74. The Morgan fingerprint density at radius 2 is 2.50 bits per heavy atom. The molecule has 2 N–H and O–H groups in total. The minimum absolute atomic E-state index is 0.369. The molecule has 5 heteroatoms. The lowest BCUT2D eigenvalue weighted by Gasteiger charge is -2.00. The van der Waals surface area contributed by atoms with Gasteiger partial charge in [-0.15, -0.1) is 0 Å². The largest absolute Gasteiger partial charge is 0.381 e. The number of anilines is 1. The van der Waals surface area contributed by atoms with Gasteiger partial charge in [0.25, 0.3) is 0 Å². The lowest BCUT2D eigenvalue weighted by molar-refractivity contribution is 0.136. The number of nitrogens with two attached hydrogens (primary N) is 1. The predicted molar refractivity (Wildman–Crippen MR) is 48.1 cm³/mol. The van der Waals surface area contributed by atoms with Crippen molar-refractivity contribution < 1.29 is 4.74 Å². The smallest absolute Gasteiger partial charge is 0.164 e. The van der Waals surface area contributed by atoms with E-state index in [2.05, 4.69) is 5.10 Å². The van der Waals surface area contributed by atoms with Gasteiger partial charge in [-0.2, -0.15) is 5.10 Å². The highest BCUT2D eigenvalue weighted by molar-refractivity contribution is 6.32. The molecule has 0 spiro atoms. The Bertz CT molecular complexity index is 229. The summed E-state index contributed by atoms with van der Waals surface area (Å²) >= 11 is 5.69. The zero-order chi connectivity index (χ0) is 8.97. The average molecular weight is 190 g/mol. The summed E-state index contributed by atoms with van der Waals surface area (Å²) in [5, 5.41) is 4.46. The quantitative estimate of drug-likeness (QED) is 0.724. The van der Waals surface area contributed by atoms with E-state index < -0.39 is 0 Å². The first kappa shape index (κ1) is 9.35. The van der Waals surface area contributed by atoms with Crippen molar-refractivity contribution in [1.82, 2.24) is 9.78 Å². The third kappa shape index (κ3) is 2.39. The fourth-order valence-electron chi connectivity index (χ4n) is 0.829. The van der Waals surface area contributed by atoms with Crippen LogP contribution >= 0.6 is 11.6 Å². The van der Waals surface area contributed by atoms with Gasteiger partial charge in [0.1, 0.15) is 5.02 Å². The molecule has 1 aromatic heterocycles. The van der Waals surface area contributed by atoms with Gasteiger partial charge in [0.05, 0.1) is 13.2 Å². The van der Waals surface area contributed by atoms with Gasteiger partial charge in [0.15, 0.2) is 5.82 Å². The molecule has 12 heavy (non-hydrogen) atoms. The molecule has 0 aromatic carbocycles. The summed E-state index contributed by atoms with van der Waals surface area (Å²) in [5.74, 6) is 0.369. The molecule has 0 saturated carbocycles. The van der Waals surface area contributed by atoms with Gasteiger partial charge in [-0.05, 0) is 6.92 Å². The van der Waals surface area contributed by atoms with E-state index in [0.29, 0.717) is 30.6 Å². The molecule has 0 bridgehead atoms. The molecular formula is C7H12ClN3O. The minimum Gasteiger partial charge on any atom is -0.381 e. The van der Waals surface area contributed by atoms with E-state index in [1.165, 1.54) is 0 Å². The first-order valence-electron chi connectivity index (χ1n) is 3.80. The van der Waals surface area contributed by atoms with Crippen LogP contribution in [0, 0.1) is 0 Å². The number of nitrogen functional groups attached to an aromatic ring is 1. The van der Waals surface area contributed by atoms with Crippen LogP contribution in [0.5, 0.6) is 0 Å². The van der Waals surface area contributed by atoms with E-state index in [9.17, 15) is 0 Å². The predicted octanol–water partition coefficient (Wildman–Crippen LogP) is 1.16. The Morgan fingerprint density at radius 1 is 1.75 bits per heavy atom. The second kappa shape index (κ2) is 4.33. The maximum atomic E-state index is 5.69. The summed E-state index contributed by atoms with van der Waals surface area (Å²) in [6.07, 6.45) is 1.69. The molecule has 0 aliphatic rings. The van der Waals surface area contributed by atoms with Crippen LogP contribution in [0.25, 0.3) is 0 Å². The van der Waals surface area contributed by atoms with Crippen molar-refractivity contribution in [2.75, 3.05) is 18.9 Å². The summed E-state index contributed by atoms with van der Waals surface area (Å²) < 4.78 is 6.82. The van der Waals surface area contributed by atoms with Crippen LogP contribution < -0.4 is 5.73 Å². The Hall–Kier alpha value is -0.740. The molecule has 0 saturated heterocycles. The molecular weight excluding hydrogens is 178 g/mol. The third-order valence-electron chi connectivity index (χ3n) is 1.41. The molecule has 1 aromatic rings. The number of hydrogen-bond donors (Lipinski definition) is 1. The Kier molecular flexibility index (Phi) is 3.37. The summed E-state index contributed by atoms with van der Waals surface area (Å²) in [6, 6.07) is 0. The molecule has 4 nitrogen and oxygen atoms in total. The van der Waals surface area contributed by atoms with Crippen LogP contribution in [-0.2, 0) is 11.3 Å². The molecule has 0 fully saturated rings. The van der Waals surface area contributed by atoms with Gasteiger partial charge in [0, 0.05) is 12.8 Å². The van der Waals surface area contributed by atoms with Crippen LogP contribution in [-0.4, -0.2) is 23.0 Å². The summed E-state index contributed by atoms with van der Waals surface area (Å²) in [6.45, 7) is 3.98. The summed E-state index contributed by atoms with van der Waals surface area (Å²) in [7, 11) is 0. The van der Waals surface area contributed by atoms with Gasteiger partial charge < -0.3 is 10.5 Å². The monoisotopic (exact) mass is 189 g/mol. The molecule has 0 aliphatic heterocycles. The Balaban J connectivity index is 2.42. The standard InChI is InChI=1S/C7H12ClN3O/c1-2-12-4-3-11-5-6(8)7(9)10-11/h5H,2-4H2,1H3,(H2,9,10). The maximum absolute atomic E-state index is 5.69. The van der Waals surface area contributed by atoms with Crippen LogP contribution in [0.1, 0.15) is 6.92 Å². The number of halogens is 1. The fourth-order valence-corrected chi connectivity index (χ4v) is 0.979. The number of ether oxygens (including phenoxy) is 1. The molecule has 0 aliphatic carbocycles. The van der Waals surface area contributed by atoms with Crippen molar-refractivity contribution in [3.05, 3.63) is 11.2 Å². The van der Waals surface area contributed by atoms with Gasteiger partial charge in [0.2, 0.25) is 0 Å².